The molecule has 2 aromatic rings. The molecule has 0 aromatic heterocycles. The van der Waals surface area contributed by atoms with Gasteiger partial charge in [-0.25, -0.2) is 4.39 Å². The summed E-state index contributed by atoms with van der Waals surface area (Å²) in [5.41, 5.74) is 1.59. The van der Waals surface area contributed by atoms with Crippen LogP contribution in [0.1, 0.15) is 12.0 Å². The van der Waals surface area contributed by atoms with E-state index < -0.39 is 10.7 Å². The summed E-state index contributed by atoms with van der Waals surface area (Å²) in [7, 11) is 1.57. The summed E-state index contributed by atoms with van der Waals surface area (Å²) in [5, 5.41) is 10.9. The highest BCUT2D eigenvalue weighted by Gasteiger charge is 2.23. The fourth-order valence-electron chi connectivity index (χ4n) is 3.94. The number of fused-ring (bicyclic) bond motifs is 1. The van der Waals surface area contributed by atoms with Gasteiger partial charge in [0.2, 0.25) is 0 Å². The zero-order valence-electron chi connectivity index (χ0n) is 18.0. The van der Waals surface area contributed by atoms with E-state index in [0.717, 1.165) is 56.6 Å². The number of nitro benzene ring substituents is 1. The molecule has 1 fully saturated rings. The highest BCUT2D eigenvalue weighted by atomic mass is 19.1. The number of benzene rings is 2. The Labute approximate surface area is 185 Å². The summed E-state index contributed by atoms with van der Waals surface area (Å²) in [4.78, 5) is 14.4. The summed E-state index contributed by atoms with van der Waals surface area (Å²) >= 11 is 0. The van der Waals surface area contributed by atoms with Gasteiger partial charge in [-0.15, -0.1) is 0 Å². The van der Waals surface area contributed by atoms with Gasteiger partial charge in [-0.3, -0.25) is 15.0 Å². The van der Waals surface area contributed by atoms with Crippen LogP contribution in [0.15, 0.2) is 36.4 Å². The van der Waals surface area contributed by atoms with E-state index in [1.165, 1.54) is 12.1 Å². The zero-order chi connectivity index (χ0) is 22.5. The zero-order valence-corrected chi connectivity index (χ0v) is 18.0. The Morgan fingerprint density at radius 3 is 2.69 bits per heavy atom. The monoisotopic (exact) mass is 443 g/mol. The number of nitro groups is 1. The van der Waals surface area contributed by atoms with Crippen LogP contribution in [0.2, 0.25) is 0 Å². The average molecular weight is 443 g/mol. The number of ether oxygens (including phenoxy) is 3. The predicted octanol–water partition coefficient (Wildman–Crippen LogP) is 4.01. The quantitative estimate of drug-likeness (QED) is 0.347. The van der Waals surface area contributed by atoms with Crippen LogP contribution in [0.5, 0.6) is 11.5 Å². The normalized spacial score (nSPS) is 16.0. The second-order valence-corrected chi connectivity index (χ2v) is 7.62. The molecule has 9 heteroatoms. The molecule has 0 aliphatic carbocycles. The number of non-ortho nitro benzene ring substituents is 1. The molecule has 0 N–H and O–H groups in total. The molecule has 2 heterocycles. The number of nitrogens with zero attached hydrogens (tertiary/aromatic N) is 3. The first-order valence-corrected chi connectivity index (χ1v) is 10.6. The Bertz CT molecular complexity index is 1010. The third-order valence-corrected chi connectivity index (χ3v) is 5.60. The van der Waals surface area contributed by atoms with Gasteiger partial charge in [0.15, 0.2) is 17.3 Å². The van der Waals surface area contributed by atoms with Crippen LogP contribution >= 0.6 is 0 Å². The molecular weight excluding hydrogens is 417 g/mol. The molecule has 8 nitrogen and oxygen atoms in total. The van der Waals surface area contributed by atoms with Gasteiger partial charge in [-0.05, 0) is 18.6 Å². The molecule has 2 aromatic carbocycles. The van der Waals surface area contributed by atoms with Crippen molar-refractivity contribution >= 4 is 23.1 Å². The summed E-state index contributed by atoms with van der Waals surface area (Å²) < 4.78 is 31.6. The molecule has 0 atom stereocenters. The standard InChI is InChI=1S/C23H26FN3O5/c1-30-22-16-21-17(14-23(22)32-11-3-7-25-9-12-31-13-10-25)4-2-8-26(21)20-6-5-18(27(28)29)15-19(20)24/h2,4-6,14-16H,3,7-13H2,1H3. The Morgan fingerprint density at radius 1 is 1.16 bits per heavy atom. The van der Waals surface area contributed by atoms with Crippen LogP contribution < -0.4 is 14.4 Å². The fraction of sp³-hybridized carbons (Fsp3) is 0.391. The summed E-state index contributed by atoms with van der Waals surface area (Å²) in [5.74, 6) is 0.532. The molecule has 0 bridgehead atoms. The number of methoxy groups -OCH3 is 1. The molecular formula is C23H26FN3O5. The van der Waals surface area contributed by atoms with Gasteiger partial charge >= 0.3 is 0 Å². The Morgan fingerprint density at radius 2 is 1.97 bits per heavy atom. The van der Waals surface area contributed by atoms with E-state index in [1.807, 2.05) is 24.3 Å². The minimum atomic E-state index is -0.650. The second-order valence-electron chi connectivity index (χ2n) is 7.62. The Kier molecular flexibility index (Phi) is 6.87. The molecule has 0 amide bonds. The third kappa shape index (κ3) is 4.84. The topological polar surface area (TPSA) is 77.3 Å². The van der Waals surface area contributed by atoms with E-state index in [9.17, 15) is 14.5 Å². The lowest BCUT2D eigenvalue weighted by molar-refractivity contribution is -0.385. The van der Waals surface area contributed by atoms with Crippen molar-refractivity contribution in [2.24, 2.45) is 0 Å². The van der Waals surface area contributed by atoms with E-state index in [0.29, 0.717) is 24.7 Å². The van der Waals surface area contributed by atoms with Crippen molar-refractivity contribution in [1.29, 1.82) is 0 Å². The van der Waals surface area contributed by atoms with Crippen molar-refractivity contribution in [3.8, 4) is 11.5 Å². The van der Waals surface area contributed by atoms with E-state index in [-0.39, 0.29) is 11.4 Å². The molecule has 0 unspecified atom stereocenters. The number of rotatable bonds is 8. The molecule has 170 valence electrons. The van der Waals surface area contributed by atoms with Crippen molar-refractivity contribution in [3.05, 3.63) is 57.9 Å². The molecule has 2 aliphatic rings. The van der Waals surface area contributed by atoms with Crippen LogP contribution in [-0.2, 0) is 4.74 Å². The third-order valence-electron chi connectivity index (χ3n) is 5.60. The van der Waals surface area contributed by atoms with E-state index in [2.05, 4.69) is 4.90 Å². The summed E-state index contributed by atoms with van der Waals surface area (Å²) in [6.07, 6.45) is 4.75. The van der Waals surface area contributed by atoms with Gasteiger partial charge < -0.3 is 19.1 Å². The molecule has 0 radical (unpaired) electrons. The molecule has 0 saturated carbocycles. The van der Waals surface area contributed by atoms with Crippen LogP contribution in [0.4, 0.5) is 21.5 Å². The fourth-order valence-corrected chi connectivity index (χ4v) is 3.94. The number of anilines is 2. The van der Waals surface area contributed by atoms with Gasteiger partial charge in [-0.2, -0.15) is 0 Å². The van der Waals surface area contributed by atoms with E-state index >= 15 is 0 Å². The van der Waals surface area contributed by atoms with Gasteiger partial charge in [0, 0.05) is 43.9 Å². The minimum Gasteiger partial charge on any atom is -0.493 e. The van der Waals surface area contributed by atoms with Crippen molar-refractivity contribution in [3.63, 3.8) is 0 Å². The van der Waals surface area contributed by atoms with E-state index in [1.54, 1.807) is 12.0 Å². The van der Waals surface area contributed by atoms with Gasteiger partial charge in [0.1, 0.15) is 0 Å². The largest absolute Gasteiger partial charge is 0.493 e. The van der Waals surface area contributed by atoms with Crippen molar-refractivity contribution in [2.75, 3.05) is 58.0 Å². The number of hydrogen-bond donors (Lipinski definition) is 0. The Balaban J connectivity index is 1.50. The first kappa shape index (κ1) is 22.0. The number of morpholine rings is 1. The minimum absolute atomic E-state index is 0.266. The van der Waals surface area contributed by atoms with Crippen LogP contribution in [0.25, 0.3) is 6.08 Å². The first-order chi connectivity index (χ1) is 15.6. The van der Waals surface area contributed by atoms with Crippen molar-refractivity contribution in [2.45, 2.75) is 6.42 Å². The van der Waals surface area contributed by atoms with Gasteiger partial charge in [0.05, 0.1) is 49.3 Å². The first-order valence-electron chi connectivity index (χ1n) is 10.6. The molecule has 2 aliphatic heterocycles. The lowest BCUT2D eigenvalue weighted by atomic mass is 10.1. The molecule has 32 heavy (non-hydrogen) atoms. The van der Waals surface area contributed by atoms with Crippen LogP contribution in [0.3, 0.4) is 0 Å². The molecule has 4 rings (SSSR count). The SMILES string of the molecule is COc1cc2c(cc1OCCCN1CCOCC1)C=CCN2c1ccc([N+](=O)[O-])cc1F. The number of hydrogen-bond acceptors (Lipinski definition) is 7. The number of halogens is 1. The lowest BCUT2D eigenvalue weighted by Gasteiger charge is -2.29. The lowest BCUT2D eigenvalue weighted by Crippen LogP contribution is -2.37. The summed E-state index contributed by atoms with van der Waals surface area (Å²) in [6, 6.07) is 7.38. The highest BCUT2D eigenvalue weighted by Crippen LogP contribution is 2.41. The predicted molar refractivity (Wildman–Crippen MR) is 119 cm³/mol. The van der Waals surface area contributed by atoms with Gasteiger partial charge in [-0.1, -0.05) is 12.2 Å². The van der Waals surface area contributed by atoms with Crippen molar-refractivity contribution in [1.82, 2.24) is 4.90 Å². The average Bonchev–Trinajstić information content (AvgIpc) is 2.81. The highest BCUT2D eigenvalue weighted by molar-refractivity contribution is 5.80. The summed E-state index contributed by atoms with van der Waals surface area (Å²) in [6.45, 7) is 5.38. The maximum atomic E-state index is 14.7. The van der Waals surface area contributed by atoms with Crippen LogP contribution in [-0.4, -0.2) is 62.9 Å². The van der Waals surface area contributed by atoms with Gasteiger partial charge in [0.25, 0.3) is 5.69 Å². The molecule has 1 saturated heterocycles. The van der Waals surface area contributed by atoms with Crippen molar-refractivity contribution < 1.29 is 23.5 Å². The maximum absolute atomic E-state index is 14.7. The molecule has 0 spiro atoms. The maximum Gasteiger partial charge on any atom is 0.272 e. The smallest absolute Gasteiger partial charge is 0.272 e. The Hall–Kier alpha value is -3.17. The van der Waals surface area contributed by atoms with E-state index in [4.69, 9.17) is 14.2 Å². The second kappa shape index (κ2) is 9.97. The van der Waals surface area contributed by atoms with Crippen LogP contribution in [0, 0.1) is 15.9 Å².